The van der Waals surface area contributed by atoms with E-state index in [1.165, 1.54) is 0 Å². The molecular formula is CH9Ca2N2NaO6. The van der Waals surface area contributed by atoms with Crippen LogP contribution in [0, 0.1) is 20.2 Å². The van der Waals surface area contributed by atoms with Crippen molar-refractivity contribution in [1.82, 2.24) is 0 Å². The summed E-state index contributed by atoms with van der Waals surface area (Å²) in [6.45, 7) is -0.250. The molecule has 0 aromatic heterocycles. The first-order valence-electron chi connectivity index (χ1n) is 1.31. The van der Waals surface area contributed by atoms with Gasteiger partial charge in [-0.2, -0.15) is 0 Å². The van der Waals surface area contributed by atoms with Crippen molar-refractivity contribution >= 4 is 112 Å². The van der Waals surface area contributed by atoms with E-state index in [0.29, 0.717) is 0 Å². The molecule has 0 spiro atoms. The van der Waals surface area contributed by atoms with Gasteiger partial charge in [0, 0.05) is 10.7 Å². The second-order valence-electron chi connectivity index (χ2n) is 0.272. The topological polar surface area (TPSA) is 146 Å². The normalized spacial score (nSPS) is 3.00. The van der Waals surface area contributed by atoms with Crippen molar-refractivity contribution < 1.29 is 20.6 Å². The van der Waals surface area contributed by atoms with Crippen LogP contribution in [0.5, 0.6) is 0 Å². The molecule has 0 amide bonds. The second-order valence-corrected chi connectivity index (χ2v) is 0.272. The maximum absolute atomic E-state index is 8.36. The van der Waals surface area contributed by atoms with Crippen LogP contribution in [0.15, 0.2) is 0 Å². The predicted molar refractivity (Wildman–Crippen MR) is 48.3 cm³/mol. The van der Waals surface area contributed by atoms with Crippen LogP contribution in [-0.4, -0.2) is 117 Å². The molecule has 0 fully saturated rings. The molecule has 0 aliphatic heterocycles. The Morgan fingerprint density at radius 1 is 1.08 bits per heavy atom. The van der Waals surface area contributed by atoms with Crippen LogP contribution >= 0.6 is 0 Å². The molecule has 12 heavy (non-hydrogen) atoms. The van der Waals surface area contributed by atoms with Crippen molar-refractivity contribution in [3.05, 3.63) is 20.2 Å². The molecule has 0 bridgehead atoms. The first-order chi connectivity index (χ1) is 4.24. The standard InChI is InChI=1S/CH2O2.2Ca.2HNO2.Na.5H/c2-1-3;;;2*2-1-3;;;;;;/h1H,(H,2,3);;;2*1H;;;;;;. The Balaban J connectivity index is -0.00000001000. The van der Waals surface area contributed by atoms with Crippen LogP contribution in [0.25, 0.3) is 0 Å². The molecule has 0 rings (SSSR count). The summed E-state index contributed by atoms with van der Waals surface area (Å²) >= 11 is 0. The fraction of sp³-hybridized carbons (Fsp3) is 0. The quantitative estimate of drug-likeness (QED) is 0.168. The van der Waals surface area contributed by atoms with Gasteiger partial charge in [0.2, 0.25) is 0 Å². The van der Waals surface area contributed by atoms with Gasteiger partial charge in [-0.05, 0) is 0 Å². The van der Waals surface area contributed by atoms with Gasteiger partial charge in [-0.25, -0.2) is 0 Å². The van der Waals surface area contributed by atoms with E-state index >= 15 is 0 Å². The molecule has 0 aromatic rings. The van der Waals surface area contributed by atoms with Crippen LogP contribution < -0.4 is 10.7 Å². The molecule has 0 aliphatic carbocycles. The van der Waals surface area contributed by atoms with E-state index in [9.17, 15) is 0 Å². The van der Waals surface area contributed by atoms with E-state index in [2.05, 4.69) is 0 Å². The molecule has 64 valence electrons. The Kier molecular flexibility index (Phi) is 240. The van der Waals surface area contributed by atoms with E-state index in [4.69, 9.17) is 30.1 Å². The van der Waals surface area contributed by atoms with Gasteiger partial charge in [0.15, 0.2) is 0 Å². The van der Waals surface area contributed by atoms with E-state index in [0.717, 1.165) is 0 Å². The van der Waals surface area contributed by atoms with Gasteiger partial charge >= 0.3 is 105 Å². The monoisotopic (exact) mass is 248 g/mol. The van der Waals surface area contributed by atoms with Crippen LogP contribution in [0.2, 0.25) is 0 Å². The fourth-order valence-corrected chi connectivity index (χ4v) is 0. The van der Waals surface area contributed by atoms with Gasteiger partial charge in [-0.15, -0.1) is 0 Å². The summed E-state index contributed by atoms with van der Waals surface area (Å²) in [6.07, 6.45) is 0. The average molecular weight is 248 g/mol. The van der Waals surface area contributed by atoms with Gasteiger partial charge in [-0.1, -0.05) is 0 Å². The second kappa shape index (κ2) is 77.5. The number of carboxylic acid groups (broad SMARTS) is 1. The van der Waals surface area contributed by atoms with Crippen molar-refractivity contribution in [1.29, 1.82) is 0 Å². The summed E-state index contributed by atoms with van der Waals surface area (Å²) in [5.74, 6) is 0. The Hall–Kier alpha value is 1.79. The summed E-state index contributed by atoms with van der Waals surface area (Å²) in [5, 5.41) is 23.6. The van der Waals surface area contributed by atoms with Gasteiger partial charge in [0.05, 0.1) is 0 Å². The third-order valence-corrected chi connectivity index (χ3v) is 0. The van der Waals surface area contributed by atoms with Crippen LogP contribution in [0.1, 0.15) is 0 Å². The summed E-state index contributed by atoms with van der Waals surface area (Å²) in [4.78, 5) is 24.6. The van der Waals surface area contributed by atoms with E-state index in [1.807, 2.05) is 0 Å². The zero-order chi connectivity index (χ0) is 8.12. The van der Waals surface area contributed by atoms with Crippen LogP contribution in [0.4, 0.5) is 0 Å². The molecule has 0 unspecified atom stereocenters. The van der Waals surface area contributed by atoms with Crippen molar-refractivity contribution in [3.63, 3.8) is 0 Å². The van der Waals surface area contributed by atoms with Gasteiger partial charge in [-0.3, -0.25) is 25.0 Å². The predicted octanol–water partition coefficient (Wildman–Crippen LogP) is -6.12. The molecule has 3 N–H and O–H groups in total. The fourth-order valence-electron chi connectivity index (χ4n) is 0. The minimum atomic E-state index is -0.250. The molecule has 8 nitrogen and oxygen atoms in total. The number of hydrogen-bond acceptors (Lipinski definition) is 5. The van der Waals surface area contributed by atoms with Crippen molar-refractivity contribution in [2.45, 2.75) is 0 Å². The van der Waals surface area contributed by atoms with Crippen molar-refractivity contribution in [2.75, 3.05) is 0 Å². The Morgan fingerprint density at radius 3 is 1.08 bits per heavy atom. The summed E-state index contributed by atoms with van der Waals surface area (Å²) in [6, 6.07) is 0. The van der Waals surface area contributed by atoms with Gasteiger partial charge in [0.25, 0.3) is 6.47 Å². The third kappa shape index (κ3) is 429. The average Bonchev–Trinajstić information content (AvgIpc) is 1.70. The van der Waals surface area contributed by atoms with Crippen molar-refractivity contribution in [3.8, 4) is 0 Å². The summed E-state index contributed by atoms with van der Waals surface area (Å²) < 4.78 is 0. The van der Waals surface area contributed by atoms with Crippen molar-refractivity contribution in [2.24, 2.45) is 0 Å². The van der Waals surface area contributed by atoms with E-state index in [1.54, 1.807) is 0 Å². The molecule has 0 saturated heterocycles. The zero-order valence-electron chi connectivity index (χ0n) is 4.07. The maximum atomic E-state index is 8.36. The SMILES string of the molecule is O=CO.O=[NH+][O-].O=[NH+][O-].[CaH2].[CaH2].[NaH]. The molecule has 0 aliphatic rings. The van der Waals surface area contributed by atoms with Crippen LogP contribution in [-0.2, 0) is 4.79 Å². The molecule has 0 saturated carbocycles. The van der Waals surface area contributed by atoms with Crippen LogP contribution in [0.3, 0.4) is 0 Å². The Bertz CT molecular complexity index is 60.3. The molecule has 11 heteroatoms. The summed E-state index contributed by atoms with van der Waals surface area (Å²) in [5.41, 5.74) is 0. The molecule has 0 radical (unpaired) electrons. The number of rotatable bonds is 0. The van der Waals surface area contributed by atoms with E-state index in [-0.39, 0.29) is 122 Å². The number of nitrogens with one attached hydrogen (secondary N) is 2. The number of hydrogen-bond donors (Lipinski definition) is 3. The number of carbonyl (C=O) groups is 1. The molecular weight excluding hydrogens is 239 g/mol. The molecule has 0 aromatic carbocycles. The Morgan fingerprint density at radius 2 is 1.08 bits per heavy atom. The van der Waals surface area contributed by atoms with Gasteiger partial charge in [0.1, 0.15) is 0 Å². The minimum absolute atomic E-state index is 0. The Labute approximate surface area is 149 Å². The first-order valence-corrected chi connectivity index (χ1v) is 1.31. The third-order valence-electron chi connectivity index (χ3n) is 0. The first kappa shape index (κ1) is 37.2. The zero-order valence-corrected chi connectivity index (χ0v) is 4.07. The van der Waals surface area contributed by atoms with Gasteiger partial charge < -0.3 is 5.11 Å². The van der Waals surface area contributed by atoms with E-state index < -0.39 is 0 Å². The summed E-state index contributed by atoms with van der Waals surface area (Å²) in [7, 11) is 0. The molecule has 0 heterocycles. The molecule has 0 atom stereocenters.